The maximum Gasteiger partial charge on any atom is 0.324 e. The maximum absolute atomic E-state index is 12.7. The molecule has 0 saturated carbocycles. The van der Waals surface area contributed by atoms with Gasteiger partial charge < -0.3 is 4.74 Å². The first-order valence-electron chi connectivity index (χ1n) is 7.69. The van der Waals surface area contributed by atoms with Crippen LogP contribution in [0.2, 0.25) is 0 Å². The quantitative estimate of drug-likeness (QED) is 0.617. The summed E-state index contributed by atoms with van der Waals surface area (Å²) >= 11 is 0. The fourth-order valence-electron chi connectivity index (χ4n) is 2.31. The molecule has 2 aromatic carbocycles. The molecule has 24 heavy (non-hydrogen) atoms. The highest BCUT2D eigenvalue weighted by molar-refractivity contribution is 7.89. The smallest absolute Gasteiger partial charge is 0.324 e. The second-order valence-corrected chi connectivity index (χ2v) is 7.17. The molecule has 0 radical (unpaired) electrons. The van der Waals surface area contributed by atoms with Gasteiger partial charge in [-0.05, 0) is 29.8 Å². The largest absolute Gasteiger partial charge is 0.465 e. The molecule has 2 rings (SSSR count). The summed E-state index contributed by atoms with van der Waals surface area (Å²) in [4.78, 5) is 12.2. The van der Waals surface area contributed by atoms with E-state index in [1.807, 2.05) is 24.3 Å². The Morgan fingerprint density at radius 2 is 1.92 bits per heavy atom. The molecule has 1 N–H and O–H groups in total. The van der Waals surface area contributed by atoms with Crippen LogP contribution in [0.15, 0.2) is 60.0 Å². The summed E-state index contributed by atoms with van der Waals surface area (Å²) in [6, 6.07) is 11.3. The van der Waals surface area contributed by atoms with Crippen LogP contribution in [0.4, 0.5) is 0 Å². The second-order valence-electron chi connectivity index (χ2n) is 5.45. The Hall–Kier alpha value is -2.18. The molecule has 0 aliphatic rings. The fourth-order valence-corrected chi connectivity index (χ4v) is 3.62. The van der Waals surface area contributed by atoms with Gasteiger partial charge in [-0.25, -0.2) is 8.42 Å². The van der Waals surface area contributed by atoms with Crippen LogP contribution in [0, 0.1) is 5.92 Å². The minimum absolute atomic E-state index is 0.103. The summed E-state index contributed by atoms with van der Waals surface area (Å²) in [5.41, 5.74) is 0. The van der Waals surface area contributed by atoms with Crippen LogP contribution in [-0.2, 0) is 19.6 Å². The Morgan fingerprint density at radius 3 is 2.54 bits per heavy atom. The number of esters is 1. The average molecular weight is 347 g/mol. The number of benzene rings is 2. The van der Waals surface area contributed by atoms with E-state index in [1.54, 1.807) is 26.0 Å². The normalized spacial score (nSPS) is 14.1. The third kappa shape index (κ3) is 4.01. The first-order valence-corrected chi connectivity index (χ1v) is 9.17. The van der Waals surface area contributed by atoms with Crippen molar-refractivity contribution in [2.45, 2.75) is 24.8 Å². The molecular weight excluding hydrogens is 326 g/mol. The van der Waals surface area contributed by atoms with Crippen LogP contribution in [0.1, 0.15) is 13.8 Å². The first-order chi connectivity index (χ1) is 11.4. The highest BCUT2D eigenvalue weighted by atomic mass is 32.2. The summed E-state index contributed by atoms with van der Waals surface area (Å²) in [6.07, 6.45) is 1.52. The SMILES string of the molecule is C=CC(C)C(NS(=O)(=O)c1ccc2ccccc2c1)C(=O)OCC. The first kappa shape index (κ1) is 18.2. The van der Waals surface area contributed by atoms with Gasteiger partial charge in [0.25, 0.3) is 0 Å². The molecule has 0 heterocycles. The average Bonchev–Trinajstić information content (AvgIpc) is 2.58. The van der Waals surface area contributed by atoms with E-state index in [1.165, 1.54) is 12.1 Å². The summed E-state index contributed by atoms with van der Waals surface area (Å²) in [6.45, 7) is 7.18. The van der Waals surface area contributed by atoms with Gasteiger partial charge in [-0.2, -0.15) is 4.72 Å². The number of rotatable bonds is 7. The standard InChI is InChI=1S/C18H21NO4S/c1-4-13(3)17(18(20)23-5-2)19-24(21,22)16-11-10-14-8-6-7-9-15(14)12-16/h4,6-13,17,19H,1,5H2,2-3H3. The number of sulfonamides is 1. The lowest BCUT2D eigenvalue weighted by atomic mass is 10.0. The Balaban J connectivity index is 2.35. The Bertz CT molecular complexity index is 845. The third-order valence-electron chi connectivity index (χ3n) is 3.75. The van der Waals surface area contributed by atoms with Crippen molar-refractivity contribution in [2.24, 2.45) is 5.92 Å². The molecule has 0 aromatic heterocycles. The van der Waals surface area contributed by atoms with Crippen molar-refractivity contribution in [3.8, 4) is 0 Å². The second kappa shape index (κ2) is 7.59. The van der Waals surface area contributed by atoms with Gasteiger partial charge in [-0.3, -0.25) is 4.79 Å². The lowest BCUT2D eigenvalue weighted by Crippen LogP contribution is -2.45. The van der Waals surface area contributed by atoms with E-state index in [0.717, 1.165) is 10.8 Å². The number of carbonyl (C=O) groups is 1. The predicted octanol–water partition coefficient (Wildman–Crippen LogP) is 2.87. The minimum Gasteiger partial charge on any atom is -0.465 e. The van der Waals surface area contributed by atoms with Gasteiger partial charge in [0.1, 0.15) is 6.04 Å². The molecule has 0 aliphatic heterocycles. The molecule has 0 aliphatic carbocycles. The van der Waals surface area contributed by atoms with Crippen molar-refractivity contribution in [2.75, 3.05) is 6.61 Å². The van der Waals surface area contributed by atoms with Gasteiger partial charge in [0.2, 0.25) is 10.0 Å². The third-order valence-corrected chi connectivity index (χ3v) is 5.19. The highest BCUT2D eigenvalue weighted by Gasteiger charge is 2.30. The van der Waals surface area contributed by atoms with Crippen molar-refractivity contribution in [3.05, 3.63) is 55.1 Å². The molecule has 2 aromatic rings. The van der Waals surface area contributed by atoms with E-state index in [9.17, 15) is 13.2 Å². The maximum atomic E-state index is 12.7. The lowest BCUT2D eigenvalue weighted by Gasteiger charge is -2.21. The van der Waals surface area contributed by atoms with Crippen LogP contribution in [-0.4, -0.2) is 27.0 Å². The molecular formula is C18H21NO4S. The zero-order chi connectivity index (χ0) is 17.7. The molecule has 0 saturated heterocycles. The summed E-state index contributed by atoms with van der Waals surface area (Å²) in [5.74, 6) is -1.02. The van der Waals surface area contributed by atoms with Crippen molar-refractivity contribution < 1.29 is 17.9 Å². The number of nitrogens with one attached hydrogen (secondary N) is 1. The zero-order valence-corrected chi connectivity index (χ0v) is 14.5. The van der Waals surface area contributed by atoms with Crippen molar-refractivity contribution in [3.63, 3.8) is 0 Å². The molecule has 2 unspecified atom stereocenters. The topological polar surface area (TPSA) is 72.5 Å². The van der Waals surface area contributed by atoms with Crippen LogP contribution in [0.3, 0.4) is 0 Å². The predicted molar refractivity (Wildman–Crippen MR) is 94.1 cm³/mol. The van der Waals surface area contributed by atoms with Gasteiger partial charge in [0.15, 0.2) is 0 Å². The minimum atomic E-state index is -3.87. The van der Waals surface area contributed by atoms with Crippen LogP contribution < -0.4 is 4.72 Å². The van der Waals surface area contributed by atoms with Crippen LogP contribution in [0.5, 0.6) is 0 Å². The Labute approximate surface area is 142 Å². The molecule has 6 heteroatoms. The van der Waals surface area contributed by atoms with Gasteiger partial charge in [0, 0.05) is 5.92 Å². The van der Waals surface area contributed by atoms with E-state index in [4.69, 9.17) is 4.74 Å². The van der Waals surface area contributed by atoms with E-state index in [0.29, 0.717) is 0 Å². The number of hydrogen-bond donors (Lipinski definition) is 1. The van der Waals surface area contributed by atoms with Gasteiger partial charge in [-0.15, -0.1) is 6.58 Å². The van der Waals surface area contributed by atoms with Crippen molar-refractivity contribution in [1.82, 2.24) is 4.72 Å². The number of carbonyl (C=O) groups excluding carboxylic acids is 1. The van der Waals surface area contributed by atoms with Gasteiger partial charge in [0.05, 0.1) is 11.5 Å². The molecule has 5 nitrogen and oxygen atoms in total. The van der Waals surface area contributed by atoms with Gasteiger partial charge >= 0.3 is 5.97 Å². The van der Waals surface area contributed by atoms with E-state index < -0.39 is 28.0 Å². The molecule has 0 fully saturated rings. The van der Waals surface area contributed by atoms with E-state index in [2.05, 4.69) is 11.3 Å². The molecule has 0 spiro atoms. The van der Waals surface area contributed by atoms with Crippen LogP contribution in [0.25, 0.3) is 10.8 Å². The summed E-state index contributed by atoms with van der Waals surface area (Å²) in [5, 5.41) is 1.75. The summed E-state index contributed by atoms with van der Waals surface area (Å²) < 4.78 is 32.7. The molecule has 2 atom stereocenters. The summed E-state index contributed by atoms with van der Waals surface area (Å²) in [7, 11) is -3.87. The Kier molecular flexibility index (Phi) is 5.75. The lowest BCUT2D eigenvalue weighted by molar-refractivity contribution is -0.145. The van der Waals surface area contributed by atoms with E-state index >= 15 is 0 Å². The molecule has 0 amide bonds. The number of hydrogen-bond acceptors (Lipinski definition) is 4. The van der Waals surface area contributed by atoms with Crippen molar-refractivity contribution >= 4 is 26.8 Å². The highest BCUT2D eigenvalue weighted by Crippen LogP contribution is 2.20. The van der Waals surface area contributed by atoms with Crippen molar-refractivity contribution in [1.29, 1.82) is 0 Å². The Morgan fingerprint density at radius 1 is 1.25 bits per heavy atom. The fraction of sp³-hybridized carbons (Fsp3) is 0.278. The molecule has 128 valence electrons. The molecule has 0 bridgehead atoms. The number of fused-ring (bicyclic) bond motifs is 1. The monoisotopic (exact) mass is 347 g/mol. The van der Waals surface area contributed by atoms with E-state index in [-0.39, 0.29) is 11.5 Å². The van der Waals surface area contributed by atoms with Crippen LogP contribution >= 0.6 is 0 Å². The zero-order valence-electron chi connectivity index (χ0n) is 13.7. The van der Waals surface area contributed by atoms with Gasteiger partial charge in [-0.1, -0.05) is 43.3 Å². The number of ether oxygens (including phenoxy) is 1.